The van der Waals surface area contributed by atoms with E-state index >= 15 is 0 Å². The number of fused-ring (bicyclic) bond motifs is 3. The van der Waals surface area contributed by atoms with Crippen molar-refractivity contribution in [1.29, 1.82) is 0 Å². The normalized spacial score (nSPS) is 11.3. The number of carbonyl (C=O) groups excluding carboxylic acids is 1. The number of ether oxygens (including phenoxy) is 1. The predicted octanol–water partition coefficient (Wildman–Crippen LogP) is 5.54. The molecule has 0 spiro atoms. The highest BCUT2D eigenvalue weighted by Gasteiger charge is 2.24. The van der Waals surface area contributed by atoms with Gasteiger partial charge in [-0.05, 0) is 41.8 Å². The Morgan fingerprint density at radius 3 is 2.26 bits per heavy atom. The molecule has 3 aromatic carbocycles. The highest BCUT2D eigenvalue weighted by Crippen LogP contribution is 2.31. The summed E-state index contributed by atoms with van der Waals surface area (Å²) in [6, 6.07) is 28.0. The van der Waals surface area contributed by atoms with Crippen LogP contribution in [0.4, 0.5) is 0 Å². The molecular formula is C28H26N4O2S. The van der Waals surface area contributed by atoms with E-state index < -0.39 is 0 Å². The molecule has 0 bridgehead atoms. The average molecular weight is 483 g/mol. The lowest BCUT2D eigenvalue weighted by atomic mass is 9.97. The third-order valence-electron chi connectivity index (χ3n) is 6.21. The van der Waals surface area contributed by atoms with Gasteiger partial charge in [-0.1, -0.05) is 72.4 Å². The molecule has 0 aliphatic heterocycles. The summed E-state index contributed by atoms with van der Waals surface area (Å²) in [5, 5.41) is 10.5. The zero-order valence-corrected chi connectivity index (χ0v) is 20.7. The number of hydrogen-bond donors (Lipinski definition) is 0. The number of pyridine rings is 1. The summed E-state index contributed by atoms with van der Waals surface area (Å²) in [6.45, 7) is 2.06. The van der Waals surface area contributed by atoms with Crippen LogP contribution in [0.15, 0.2) is 90.1 Å². The summed E-state index contributed by atoms with van der Waals surface area (Å²) in [7, 11) is 3.51. The van der Waals surface area contributed by atoms with Gasteiger partial charge in [-0.3, -0.25) is 9.20 Å². The van der Waals surface area contributed by atoms with Crippen molar-refractivity contribution in [2.75, 3.05) is 19.9 Å². The molecule has 0 unspecified atom stereocenters. The highest BCUT2D eigenvalue weighted by molar-refractivity contribution is 7.99. The van der Waals surface area contributed by atoms with Crippen molar-refractivity contribution in [3.8, 4) is 5.75 Å². The van der Waals surface area contributed by atoms with Crippen LogP contribution in [0.1, 0.15) is 22.7 Å². The monoisotopic (exact) mass is 482 g/mol. The fourth-order valence-electron chi connectivity index (χ4n) is 4.41. The van der Waals surface area contributed by atoms with Gasteiger partial charge in [0, 0.05) is 18.5 Å². The molecule has 0 saturated carbocycles. The van der Waals surface area contributed by atoms with E-state index in [-0.39, 0.29) is 17.7 Å². The van der Waals surface area contributed by atoms with E-state index in [1.807, 2.05) is 77.0 Å². The van der Waals surface area contributed by atoms with Crippen LogP contribution in [0.2, 0.25) is 0 Å². The first-order valence-corrected chi connectivity index (χ1v) is 12.4. The molecule has 0 fully saturated rings. The maximum atomic E-state index is 13.4. The molecule has 5 aromatic rings. The standard InChI is InChI=1S/C28H26N4O2S/c1-19-16-25-29-30-28(32(25)24-17-22(34-3)14-15-23(19)24)35-18-26(33)31(2)27(20-10-6-4-7-11-20)21-12-8-5-9-13-21/h4-17,27H,18H2,1-3H3. The maximum absolute atomic E-state index is 13.4. The van der Waals surface area contributed by atoms with Crippen LogP contribution < -0.4 is 4.74 Å². The zero-order valence-electron chi connectivity index (χ0n) is 19.9. The Bertz CT molecular complexity index is 1450. The Labute approximate surface area is 208 Å². The summed E-state index contributed by atoms with van der Waals surface area (Å²) < 4.78 is 7.44. The Morgan fingerprint density at radius 2 is 1.63 bits per heavy atom. The number of rotatable bonds is 7. The molecule has 5 rings (SSSR count). The molecule has 0 atom stereocenters. The maximum Gasteiger partial charge on any atom is 0.233 e. The second kappa shape index (κ2) is 9.80. The third-order valence-corrected chi connectivity index (χ3v) is 7.12. The van der Waals surface area contributed by atoms with Gasteiger partial charge in [0.15, 0.2) is 10.8 Å². The lowest BCUT2D eigenvalue weighted by Gasteiger charge is -2.29. The van der Waals surface area contributed by atoms with Gasteiger partial charge in [-0.2, -0.15) is 0 Å². The second-order valence-electron chi connectivity index (χ2n) is 8.40. The van der Waals surface area contributed by atoms with Gasteiger partial charge in [0.1, 0.15) is 5.75 Å². The van der Waals surface area contributed by atoms with Crippen LogP contribution in [-0.2, 0) is 4.79 Å². The van der Waals surface area contributed by atoms with E-state index in [0.717, 1.165) is 39.0 Å². The van der Waals surface area contributed by atoms with Crippen molar-refractivity contribution in [1.82, 2.24) is 19.5 Å². The van der Waals surface area contributed by atoms with Crippen LogP contribution in [0, 0.1) is 6.92 Å². The minimum atomic E-state index is -0.173. The first-order valence-electron chi connectivity index (χ1n) is 11.4. The van der Waals surface area contributed by atoms with Crippen molar-refractivity contribution in [3.05, 3.63) is 102 Å². The summed E-state index contributed by atoms with van der Waals surface area (Å²) in [5.41, 5.74) is 4.96. The van der Waals surface area contributed by atoms with E-state index in [1.54, 1.807) is 7.11 Å². The fraction of sp³-hybridized carbons (Fsp3) is 0.179. The molecule has 176 valence electrons. The molecule has 7 heteroatoms. The minimum absolute atomic E-state index is 0.0125. The topological polar surface area (TPSA) is 59.7 Å². The number of thioether (sulfide) groups is 1. The molecule has 2 heterocycles. The number of nitrogens with zero attached hydrogens (tertiary/aromatic N) is 4. The second-order valence-corrected chi connectivity index (χ2v) is 9.35. The molecule has 1 amide bonds. The van der Waals surface area contributed by atoms with Crippen LogP contribution >= 0.6 is 11.8 Å². The smallest absolute Gasteiger partial charge is 0.233 e. The van der Waals surface area contributed by atoms with Crippen LogP contribution in [-0.4, -0.2) is 45.3 Å². The average Bonchev–Trinajstić information content (AvgIpc) is 3.31. The quantitative estimate of drug-likeness (QED) is 0.285. The van der Waals surface area contributed by atoms with Gasteiger partial charge < -0.3 is 9.64 Å². The van der Waals surface area contributed by atoms with Gasteiger partial charge in [0.05, 0.1) is 24.4 Å². The zero-order chi connectivity index (χ0) is 24.4. The lowest BCUT2D eigenvalue weighted by molar-refractivity contribution is -0.128. The largest absolute Gasteiger partial charge is 0.497 e. The molecule has 35 heavy (non-hydrogen) atoms. The molecule has 0 radical (unpaired) electrons. The Balaban J connectivity index is 1.44. The number of aromatic nitrogens is 3. The Morgan fingerprint density at radius 1 is 0.971 bits per heavy atom. The van der Waals surface area contributed by atoms with Gasteiger partial charge >= 0.3 is 0 Å². The molecule has 0 aliphatic rings. The van der Waals surface area contributed by atoms with E-state index in [1.165, 1.54) is 11.8 Å². The van der Waals surface area contributed by atoms with Crippen LogP contribution in [0.25, 0.3) is 16.6 Å². The van der Waals surface area contributed by atoms with Crippen LogP contribution in [0.3, 0.4) is 0 Å². The highest BCUT2D eigenvalue weighted by atomic mass is 32.2. The van der Waals surface area contributed by atoms with Crippen molar-refractivity contribution in [2.45, 2.75) is 18.1 Å². The first-order chi connectivity index (χ1) is 17.1. The number of hydrogen-bond acceptors (Lipinski definition) is 5. The summed E-state index contributed by atoms with van der Waals surface area (Å²) in [4.78, 5) is 15.2. The number of methoxy groups -OCH3 is 1. The van der Waals surface area contributed by atoms with Gasteiger partial charge in [0.25, 0.3) is 0 Å². The van der Waals surface area contributed by atoms with Crippen LogP contribution in [0.5, 0.6) is 5.75 Å². The molecule has 2 aromatic heterocycles. The van der Waals surface area contributed by atoms with E-state index in [2.05, 4.69) is 41.4 Å². The summed E-state index contributed by atoms with van der Waals surface area (Å²) in [6.07, 6.45) is 0. The van der Waals surface area contributed by atoms with Crippen molar-refractivity contribution in [2.24, 2.45) is 0 Å². The lowest BCUT2D eigenvalue weighted by Crippen LogP contribution is -2.33. The molecule has 0 N–H and O–H groups in total. The fourth-order valence-corrected chi connectivity index (χ4v) is 5.28. The molecule has 0 aliphatic carbocycles. The minimum Gasteiger partial charge on any atom is -0.497 e. The van der Waals surface area contributed by atoms with Gasteiger partial charge in [0.2, 0.25) is 5.91 Å². The summed E-state index contributed by atoms with van der Waals surface area (Å²) in [5.74, 6) is 1.02. The number of amides is 1. The molecule has 6 nitrogen and oxygen atoms in total. The Kier molecular flexibility index (Phi) is 6.42. The SMILES string of the molecule is COc1ccc2c(C)cc3nnc(SCC(=O)N(C)C(c4ccccc4)c4ccccc4)n3c2c1. The number of aryl methyl sites for hydroxylation is 1. The van der Waals surface area contributed by atoms with E-state index in [0.29, 0.717) is 5.16 Å². The van der Waals surface area contributed by atoms with Crippen molar-refractivity contribution in [3.63, 3.8) is 0 Å². The van der Waals surface area contributed by atoms with Crippen molar-refractivity contribution >= 4 is 34.2 Å². The molecule has 0 saturated heterocycles. The third kappa shape index (κ3) is 4.47. The van der Waals surface area contributed by atoms with Crippen molar-refractivity contribution < 1.29 is 9.53 Å². The Hall–Kier alpha value is -3.84. The number of benzene rings is 3. The van der Waals surface area contributed by atoms with E-state index in [9.17, 15) is 4.79 Å². The molecular weight excluding hydrogens is 456 g/mol. The number of carbonyl (C=O) groups is 1. The van der Waals surface area contributed by atoms with E-state index in [4.69, 9.17) is 4.74 Å². The van der Waals surface area contributed by atoms with Gasteiger partial charge in [-0.25, -0.2) is 0 Å². The first kappa shape index (κ1) is 22.9. The summed E-state index contributed by atoms with van der Waals surface area (Å²) >= 11 is 1.39. The van der Waals surface area contributed by atoms with Gasteiger partial charge in [-0.15, -0.1) is 10.2 Å². The predicted molar refractivity (Wildman–Crippen MR) is 140 cm³/mol.